The number of nitrogens with one attached hydrogen (secondary N) is 1. The number of rotatable bonds is 7. The number of ether oxygens (including phenoxy) is 1. The second-order valence-corrected chi connectivity index (χ2v) is 8.09. The van der Waals surface area contributed by atoms with Gasteiger partial charge in [0, 0.05) is 17.0 Å². The quantitative estimate of drug-likeness (QED) is 0.654. The Bertz CT molecular complexity index is 902. The Morgan fingerprint density at radius 2 is 2.03 bits per heavy atom. The van der Waals surface area contributed by atoms with Crippen molar-refractivity contribution in [2.75, 3.05) is 18.5 Å². The van der Waals surface area contributed by atoms with Gasteiger partial charge in [0.1, 0.15) is 11.1 Å². The number of benzene rings is 1. The van der Waals surface area contributed by atoms with Crippen molar-refractivity contribution in [3.05, 3.63) is 51.9 Å². The van der Waals surface area contributed by atoms with Crippen LogP contribution < -0.4 is 5.32 Å². The first-order chi connectivity index (χ1) is 14.1. The average Bonchev–Trinajstić information content (AvgIpc) is 3.10. The zero-order valence-corrected chi connectivity index (χ0v) is 17.4. The number of hydrogen-bond donors (Lipinski definition) is 1. The average molecular weight is 412 g/mol. The van der Waals surface area contributed by atoms with Crippen molar-refractivity contribution in [2.24, 2.45) is 0 Å². The molecule has 0 spiro atoms. The van der Waals surface area contributed by atoms with E-state index in [2.05, 4.69) is 18.3 Å². The largest absolute Gasteiger partial charge is 0.449 e. The summed E-state index contributed by atoms with van der Waals surface area (Å²) in [5.41, 5.74) is 1.96. The third kappa shape index (κ3) is 5.15. The first kappa shape index (κ1) is 20.9. The SMILES string of the molecule is CCCCCCOC(=O)N1CCc2c(sc(NC(=O)c3ccccc3)c2C#N)C1. The van der Waals surface area contributed by atoms with Gasteiger partial charge in [0.25, 0.3) is 5.91 Å². The molecule has 0 fully saturated rings. The third-order valence-corrected chi connectivity index (χ3v) is 6.05. The number of unbranched alkanes of at least 4 members (excludes halogenated alkanes) is 3. The van der Waals surface area contributed by atoms with Crippen LogP contribution >= 0.6 is 11.3 Å². The molecule has 0 bridgehead atoms. The van der Waals surface area contributed by atoms with E-state index < -0.39 is 0 Å². The molecule has 6 nitrogen and oxygen atoms in total. The van der Waals surface area contributed by atoms with Crippen LogP contribution in [0.25, 0.3) is 0 Å². The minimum atomic E-state index is -0.311. The van der Waals surface area contributed by atoms with E-state index in [0.717, 1.165) is 36.1 Å². The lowest BCUT2D eigenvalue weighted by molar-refractivity contribution is 0.0965. The molecule has 0 aliphatic carbocycles. The molecule has 0 saturated heterocycles. The summed E-state index contributed by atoms with van der Waals surface area (Å²) in [6.07, 6.45) is 4.51. The molecule has 3 rings (SSSR count). The first-order valence-electron chi connectivity index (χ1n) is 9.96. The summed E-state index contributed by atoms with van der Waals surface area (Å²) in [5.74, 6) is -0.246. The van der Waals surface area contributed by atoms with Crippen LogP contribution in [0.4, 0.5) is 9.80 Å². The fourth-order valence-electron chi connectivity index (χ4n) is 3.31. The molecule has 1 aliphatic heterocycles. The van der Waals surface area contributed by atoms with Gasteiger partial charge in [0.2, 0.25) is 0 Å². The number of thiophene rings is 1. The number of nitrogens with zero attached hydrogens (tertiary/aromatic N) is 2. The number of amides is 2. The molecule has 29 heavy (non-hydrogen) atoms. The maximum atomic E-state index is 12.5. The van der Waals surface area contributed by atoms with Crippen molar-refractivity contribution >= 4 is 28.3 Å². The minimum Gasteiger partial charge on any atom is -0.449 e. The van der Waals surface area contributed by atoms with Gasteiger partial charge in [-0.05, 0) is 30.5 Å². The maximum absolute atomic E-state index is 12.5. The summed E-state index contributed by atoms with van der Waals surface area (Å²) in [6, 6.07) is 11.1. The Morgan fingerprint density at radius 1 is 1.24 bits per heavy atom. The highest BCUT2D eigenvalue weighted by molar-refractivity contribution is 7.16. The van der Waals surface area contributed by atoms with Crippen LogP contribution in [0.2, 0.25) is 0 Å². The molecule has 0 unspecified atom stereocenters. The predicted octanol–water partition coefficient (Wildman–Crippen LogP) is 4.95. The Morgan fingerprint density at radius 3 is 2.76 bits per heavy atom. The minimum absolute atomic E-state index is 0.246. The van der Waals surface area contributed by atoms with E-state index in [1.807, 2.05) is 6.07 Å². The molecule has 7 heteroatoms. The lowest BCUT2D eigenvalue weighted by Crippen LogP contribution is -2.36. The van der Waals surface area contributed by atoms with Gasteiger partial charge in [0.15, 0.2) is 0 Å². The molecule has 1 N–H and O–H groups in total. The molecule has 2 aromatic rings. The normalized spacial score (nSPS) is 12.8. The molecule has 0 atom stereocenters. The number of nitriles is 1. The lowest BCUT2D eigenvalue weighted by atomic mass is 10.0. The van der Waals surface area contributed by atoms with Crippen LogP contribution in [-0.4, -0.2) is 30.1 Å². The molecule has 2 heterocycles. The Kier molecular flexibility index (Phi) is 7.25. The monoisotopic (exact) mass is 411 g/mol. The van der Waals surface area contributed by atoms with Crippen LogP contribution in [0, 0.1) is 11.3 Å². The lowest BCUT2D eigenvalue weighted by Gasteiger charge is -2.26. The highest BCUT2D eigenvalue weighted by Gasteiger charge is 2.28. The van der Waals surface area contributed by atoms with E-state index in [1.165, 1.54) is 11.3 Å². The summed E-state index contributed by atoms with van der Waals surface area (Å²) in [5, 5.41) is 13.0. The fraction of sp³-hybridized carbons (Fsp3) is 0.409. The van der Waals surface area contributed by atoms with Crippen LogP contribution in [0.5, 0.6) is 0 Å². The van der Waals surface area contributed by atoms with E-state index >= 15 is 0 Å². The first-order valence-corrected chi connectivity index (χ1v) is 10.8. The van der Waals surface area contributed by atoms with Crippen LogP contribution in [0.15, 0.2) is 30.3 Å². The Labute approximate surface area is 175 Å². The maximum Gasteiger partial charge on any atom is 0.410 e. The molecule has 152 valence electrons. The van der Waals surface area contributed by atoms with Crippen molar-refractivity contribution in [3.63, 3.8) is 0 Å². The molecule has 1 aromatic carbocycles. The summed E-state index contributed by atoms with van der Waals surface area (Å²) in [4.78, 5) is 27.4. The van der Waals surface area contributed by atoms with Crippen LogP contribution in [0.3, 0.4) is 0 Å². The number of fused-ring (bicyclic) bond motifs is 1. The van der Waals surface area contributed by atoms with Gasteiger partial charge in [-0.2, -0.15) is 5.26 Å². The zero-order chi connectivity index (χ0) is 20.6. The van der Waals surface area contributed by atoms with Crippen molar-refractivity contribution in [1.29, 1.82) is 5.26 Å². The highest BCUT2D eigenvalue weighted by atomic mass is 32.1. The van der Waals surface area contributed by atoms with Crippen LogP contribution in [0.1, 0.15) is 59.0 Å². The van der Waals surface area contributed by atoms with Gasteiger partial charge in [-0.1, -0.05) is 44.4 Å². The molecule has 1 aromatic heterocycles. The van der Waals surface area contributed by atoms with Gasteiger partial charge in [-0.15, -0.1) is 11.3 Å². The number of hydrogen-bond acceptors (Lipinski definition) is 5. The van der Waals surface area contributed by atoms with Crippen molar-refractivity contribution in [2.45, 2.75) is 45.6 Å². The van der Waals surface area contributed by atoms with Gasteiger partial charge >= 0.3 is 6.09 Å². The second kappa shape index (κ2) is 10.1. The molecule has 1 aliphatic rings. The molecule has 0 radical (unpaired) electrons. The predicted molar refractivity (Wildman–Crippen MR) is 113 cm³/mol. The number of anilines is 1. The summed E-state index contributed by atoms with van der Waals surface area (Å²) >= 11 is 1.36. The summed E-state index contributed by atoms with van der Waals surface area (Å²) in [6.45, 7) is 3.50. The Hall–Kier alpha value is -2.85. The number of carbonyl (C=O) groups excluding carboxylic acids is 2. The van der Waals surface area contributed by atoms with Gasteiger partial charge in [-0.3, -0.25) is 4.79 Å². The smallest absolute Gasteiger partial charge is 0.410 e. The standard InChI is InChI=1S/C22H25N3O3S/c1-2-3-4-8-13-28-22(27)25-12-11-17-18(14-23)21(29-19(17)15-25)24-20(26)16-9-6-5-7-10-16/h5-7,9-10H,2-4,8,11-13,15H2,1H3,(H,24,26). The van der Waals surface area contributed by atoms with E-state index in [4.69, 9.17) is 4.74 Å². The van der Waals surface area contributed by atoms with Gasteiger partial charge in [-0.25, -0.2) is 4.79 Å². The Balaban J connectivity index is 1.64. The third-order valence-electron chi connectivity index (χ3n) is 4.91. The zero-order valence-electron chi connectivity index (χ0n) is 16.6. The molecular weight excluding hydrogens is 386 g/mol. The highest BCUT2D eigenvalue weighted by Crippen LogP contribution is 2.37. The summed E-state index contributed by atoms with van der Waals surface area (Å²) in [7, 11) is 0. The topological polar surface area (TPSA) is 82.4 Å². The van der Waals surface area contributed by atoms with Crippen LogP contribution in [-0.2, 0) is 17.7 Å². The second-order valence-electron chi connectivity index (χ2n) is 6.99. The van der Waals surface area contributed by atoms with Crippen molar-refractivity contribution in [1.82, 2.24) is 4.90 Å². The van der Waals surface area contributed by atoms with E-state index in [-0.39, 0.29) is 12.0 Å². The van der Waals surface area contributed by atoms with Gasteiger partial charge in [0.05, 0.1) is 18.7 Å². The molecular formula is C22H25N3O3S. The van der Waals surface area contributed by atoms with E-state index in [1.54, 1.807) is 29.2 Å². The molecule has 0 saturated carbocycles. The number of carbonyl (C=O) groups is 2. The molecule has 2 amide bonds. The van der Waals surface area contributed by atoms with Crippen molar-refractivity contribution < 1.29 is 14.3 Å². The van der Waals surface area contributed by atoms with E-state index in [0.29, 0.717) is 42.2 Å². The summed E-state index contributed by atoms with van der Waals surface area (Å²) < 4.78 is 5.39. The fourth-order valence-corrected chi connectivity index (χ4v) is 4.52. The van der Waals surface area contributed by atoms with Crippen molar-refractivity contribution in [3.8, 4) is 6.07 Å². The van der Waals surface area contributed by atoms with E-state index in [9.17, 15) is 14.9 Å². The van der Waals surface area contributed by atoms with Gasteiger partial charge < -0.3 is 15.0 Å².